The van der Waals surface area contributed by atoms with Crippen LogP contribution < -0.4 is 0 Å². The van der Waals surface area contributed by atoms with E-state index < -0.39 is 0 Å². The predicted molar refractivity (Wildman–Crippen MR) is 51.8 cm³/mol. The first-order valence-corrected chi connectivity index (χ1v) is 3.94. The van der Waals surface area contributed by atoms with Crippen LogP contribution >= 0.6 is 15.9 Å². The Morgan fingerprint density at radius 2 is 1.91 bits per heavy atom. The van der Waals surface area contributed by atoms with Crippen molar-refractivity contribution in [1.82, 2.24) is 0 Å². The fourth-order valence-electron chi connectivity index (χ4n) is 0.619. The van der Waals surface area contributed by atoms with Gasteiger partial charge in [-0.15, -0.1) is 13.2 Å². The molecule has 1 nitrogen and oxygen atoms in total. The minimum Gasteiger partial charge on any atom is -0.508 e. The zero-order valence-electron chi connectivity index (χ0n) is 6.47. The van der Waals surface area contributed by atoms with Crippen LogP contribution in [0.5, 0.6) is 5.75 Å². The first-order valence-electron chi connectivity index (χ1n) is 3.15. The highest BCUT2D eigenvalue weighted by Crippen LogP contribution is 2.19. The molecule has 1 rings (SSSR count). The predicted octanol–water partition coefficient (Wildman–Crippen LogP) is 3.27. The molecule has 0 saturated carbocycles. The van der Waals surface area contributed by atoms with Crippen LogP contribution in [0.3, 0.4) is 0 Å². The van der Waals surface area contributed by atoms with E-state index in [1.807, 2.05) is 19.1 Å². The van der Waals surface area contributed by atoms with Crippen molar-refractivity contribution in [3.8, 4) is 5.75 Å². The molecule has 0 radical (unpaired) electrons. The molecule has 0 fully saturated rings. The van der Waals surface area contributed by atoms with Crippen LogP contribution in [0.1, 0.15) is 5.56 Å². The molecule has 0 heterocycles. The molecule has 0 amide bonds. The molecule has 0 saturated heterocycles. The molecule has 11 heavy (non-hydrogen) atoms. The van der Waals surface area contributed by atoms with Gasteiger partial charge in [0.25, 0.3) is 0 Å². The standard InChI is InChI=1S/C7H7BrO.C2H4/c1-5-4-6(8)2-3-7(5)9;1-2/h2-4,9H,1H3;1-2H2. The number of halogens is 1. The van der Waals surface area contributed by atoms with Gasteiger partial charge in [-0.05, 0) is 30.7 Å². The molecule has 1 aromatic rings. The summed E-state index contributed by atoms with van der Waals surface area (Å²) in [6, 6.07) is 5.34. The fourth-order valence-corrected chi connectivity index (χ4v) is 1.09. The Morgan fingerprint density at radius 1 is 1.36 bits per heavy atom. The summed E-state index contributed by atoms with van der Waals surface area (Å²) in [5, 5.41) is 9.02. The Kier molecular flexibility index (Phi) is 4.62. The van der Waals surface area contributed by atoms with E-state index in [4.69, 9.17) is 5.11 Å². The molecule has 1 aromatic carbocycles. The highest BCUT2D eigenvalue weighted by Gasteiger charge is 1.92. The highest BCUT2D eigenvalue weighted by atomic mass is 79.9. The second kappa shape index (κ2) is 4.97. The van der Waals surface area contributed by atoms with E-state index in [-0.39, 0.29) is 0 Å². The molecule has 2 heteroatoms. The third-order valence-corrected chi connectivity index (χ3v) is 1.65. The lowest BCUT2D eigenvalue weighted by atomic mass is 10.2. The number of phenols is 1. The molecular weight excluding hydrogens is 204 g/mol. The molecule has 60 valence electrons. The van der Waals surface area contributed by atoms with Gasteiger partial charge in [0.15, 0.2) is 0 Å². The van der Waals surface area contributed by atoms with Crippen molar-refractivity contribution < 1.29 is 5.11 Å². The molecule has 0 spiro atoms. The van der Waals surface area contributed by atoms with Crippen molar-refractivity contribution in [3.63, 3.8) is 0 Å². The van der Waals surface area contributed by atoms with E-state index in [9.17, 15) is 0 Å². The number of phenolic OH excluding ortho intramolecular Hbond substituents is 1. The number of hydrogen-bond acceptors (Lipinski definition) is 1. The monoisotopic (exact) mass is 214 g/mol. The number of rotatable bonds is 0. The number of aryl methyl sites for hydroxylation is 1. The lowest BCUT2D eigenvalue weighted by Crippen LogP contribution is -1.72. The second-order valence-corrected chi connectivity index (χ2v) is 2.85. The molecule has 0 unspecified atom stereocenters. The third kappa shape index (κ3) is 3.23. The van der Waals surface area contributed by atoms with Gasteiger partial charge in [-0.25, -0.2) is 0 Å². The third-order valence-electron chi connectivity index (χ3n) is 1.16. The topological polar surface area (TPSA) is 20.2 Å². The van der Waals surface area contributed by atoms with E-state index in [0.717, 1.165) is 10.0 Å². The zero-order chi connectivity index (χ0) is 8.85. The van der Waals surface area contributed by atoms with Crippen LogP contribution in [-0.4, -0.2) is 5.11 Å². The quantitative estimate of drug-likeness (QED) is 0.658. The summed E-state index contributed by atoms with van der Waals surface area (Å²) in [6.45, 7) is 7.86. The second-order valence-electron chi connectivity index (χ2n) is 1.93. The van der Waals surface area contributed by atoms with Gasteiger partial charge in [-0.2, -0.15) is 0 Å². The summed E-state index contributed by atoms with van der Waals surface area (Å²) >= 11 is 3.29. The van der Waals surface area contributed by atoms with E-state index >= 15 is 0 Å². The summed E-state index contributed by atoms with van der Waals surface area (Å²) in [4.78, 5) is 0. The minimum absolute atomic E-state index is 0.346. The van der Waals surface area contributed by atoms with Crippen LogP contribution in [0, 0.1) is 6.92 Å². The van der Waals surface area contributed by atoms with Gasteiger partial charge in [0.2, 0.25) is 0 Å². The number of aromatic hydroxyl groups is 1. The maximum Gasteiger partial charge on any atom is 0.118 e. The lowest BCUT2D eigenvalue weighted by Gasteiger charge is -1.96. The zero-order valence-corrected chi connectivity index (χ0v) is 8.06. The molecule has 0 aromatic heterocycles. The van der Waals surface area contributed by atoms with Crippen LogP contribution in [0.15, 0.2) is 35.8 Å². The average Bonchev–Trinajstić information content (AvgIpc) is 2.02. The molecule has 0 aliphatic carbocycles. The lowest BCUT2D eigenvalue weighted by molar-refractivity contribution is 0.471. The van der Waals surface area contributed by atoms with E-state index in [1.54, 1.807) is 6.07 Å². The van der Waals surface area contributed by atoms with Gasteiger partial charge in [0.05, 0.1) is 0 Å². The highest BCUT2D eigenvalue weighted by molar-refractivity contribution is 9.10. The summed E-state index contributed by atoms with van der Waals surface area (Å²) < 4.78 is 0.998. The van der Waals surface area contributed by atoms with E-state index in [1.165, 1.54) is 0 Å². The van der Waals surface area contributed by atoms with Gasteiger partial charge in [0, 0.05) is 4.47 Å². The Balaban J connectivity index is 0.000000461. The van der Waals surface area contributed by atoms with Crippen molar-refractivity contribution in [2.24, 2.45) is 0 Å². The fraction of sp³-hybridized carbons (Fsp3) is 0.111. The van der Waals surface area contributed by atoms with E-state index in [0.29, 0.717) is 5.75 Å². The van der Waals surface area contributed by atoms with Crippen molar-refractivity contribution in [3.05, 3.63) is 41.4 Å². The normalized spacial score (nSPS) is 8.18. The SMILES string of the molecule is C=C.Cc1cc(Br)ccc1O. The van der Waals surface area contributed by atoms with Crippen LogP contribution in [0.25, 0.3) is 0 Å². The van der Waals surface area contributed by atoms with Crippen molar-refractivity contribution >= 4 is 15.9 Å². The van der Waals surface area contributed by atoms with Gasteiger partial charge < -0.3 is 5.11 Å². The number of hydrogen-bond donors (Lipinski definition) is 1. The first kappa shape index (κ1) is 10.2. The van der Waals surface area contributed by atoms with Crippen molar-refractivity contribution in [2.75, 3.05) is 0 Å². The summed E-state index contributed by atoms with van der Waals surface area (Å²) in [5.41, 5.74) is 0.893. The van der Waals surface area contributed by atoms with Gasteiger partial charge in [0.1, 0.15) is 5.75 Å². The smallest absolute Gasteiger partial charge is 0.118 e. The number of benzene rings is 1. The van der Waals surface area contributed by atoms with Gasteiger partial charge in [-0.3, -0.25) is 0 Å². The maximum atomic E-state index is 9.02. The first-order chi connectivity index (χ1) is 5.20. The van der Waals surface area contributed by atoms with Crippen molar-refractivity contribution in [2.45, 2.75) is 6.92 Å². The molecule has 0 aliphatic rings. The minimum atomic E-state index is 0.346. The summed E-state index contributed by atoms with van der Waals surface area (Å²) in [7, 11) is 0. The van der Waals surface area contributed by atoms with Gasteiger partial charge in [-0.1, -0.05) is 15.9 Å². The van der Waals surface area contributed by atoms with Crippen LogP contribution in [0.2, 0.25) is 0 Å². The van der Waals surface area contributed by atoms with Crippen molar-refractivity contribution in [1.29, 1.82) is 0 Å². The maximum absolute atomic E-state index is 9.02. The Labute approximate surface area is 75.5 Å². The Morgan fingerprint density at radius 3 is 2.27 bits per heavy atom. The van der Waals surface area contributed by atoms with Crippen LogP contribution in [-0.2, 0) is 0 Å². The molecule has 1 N–H and O–H groups in total. The summed E-state index contributed by atoms with van der Waals surface area (Å²) in [5.74, 6) is 0.346. The largest absolute Gasteiger partial charge is 0.508 e. The summed E-state index contributed by atoms with van der Waals surface area (Å²) in [6.07, 6.45) is 0. The molecule has 0 bridgehead atoms. The van der Waals surface area contributed by atoms with E-state index in [2.05, 4.69) is 29.1 Å². The average molecular weight is 215 g/mol. The molecule has 0 aliphatic heterocycles. The molecule has 0 atom stereocenters. The molecular formula is C9H11BrO. The Hall–Kier alpha value is -0.760. The Bertz CT molecular complexity index is 233. The van der Waals surface area contributed by atoms with Crippen LogP contribution in [0.4, 0.5) is 0 Å². The van der Waals surface area contributed by atoms with Gasteiger partial charge >= 0.3 is 0 Å².